The third kappa shape index (κ3) is 3.96. The molecule has 1 rings (SSSR count). The number of hydrogen-bond donors (Lipinski definition) is 3. The molecule has 3 atom stereocenters. The molecule has 1 aromatic rings. The van der Waals surface area contributed by atoms with E-state index in [1.54, 1.807) is 12.5 Å². The van der Waals surface area contributed by atoms with Crippen LogP contribution >= 0.6 is 0 Å². The van der Waals surface area contributed by atoms with Crippen LogP contribution in [-0.2, 0) is 16.0 Å². The summed E-state index contributed by atoms with van der Waals surface area (Å²) >= 11 is 0. The fraction of sp³-hybridized carbons (Fsp3) is 0.583. The summed E-state index contributed by atoms with van der Waals surface area (Å²) in [4.78, 5) is 29.4. The molecule has 1 aromatic heterocycles. The van der Waals surface area contributed by atoms with Crippen molar-refractivity contribution in [2.24, 2.45) is 11.7 Å². The number of nitrogens with one attached hydrogen (secondary N) is 2. The number of imidazole rings is 1. The molecule has 1 heterocycles. The number of carbonyl (C=O) groups excluding carboxylic acids is 2. The molecule has 0 fully saturated rings. The van der Waals surface area contributed by atoms with E-state index < -0.39 is 12.1 Å². The lowest BCUT2D eigenvalue weighted by atomic mass is 9.99. The maximum atomic E-state index is 11.8. The molecule has 0 bridgehead atoms. The third-order valence-corrected chi connectivity index (χ3v) is 2.99. The van der Waals surface area contributed by atoms with E-state index in [0.717, 1.165) is 6.42 Å². The van der Waals surface area contributed by atoms with Gasteiger partial charge in [0, 0.05) is 12.6 Å². The van der Waals surface area contributed by atoms with Gasteiger partial charge in [0.25, 0.3) is 0 Å². The van der Waals surface area contributed by atoms with E-state index in [1.807, 2.05) is 13.8 Å². The minimum atomic E-state index is -0.712. The Hall–Kier alpha value is -1.69. The second kappa shape index (κ2) is 6.90. The van der Waals surface area contributed by atoms with E-state index in [9.17, 15) is 9.59 Å². The molecule has 0 aliphatic heterocycles. The molecule has 1 radical (unpaired) electrons. The summed E-state index contributed by atoms with van der Waals surface area (Å²) in [6, 6.07) is -1.32. The van der Waals surface area contributed by atoms with Crippen molar-refractivity contribution >= 4 is 12.2 Å². The van der Waals surface area contributed by atoms with Crippen LogP contribution in [0.4, 0.5) is 0 Å². The first-order valence-electron chi connectivity index (χ1n) is 5.99. The number of nitrogens with zero attached hydrogens (tertiary/aromatic N) is 1. The predicted molar refractivity (Wildman–Crippen MR) is 67.3 cm³/mol. The molecule has 0 aromatic carbocycles. The van der Waals surface area contributed by atoms with Crippen LogP contribution in [0.1, 0.15) is 26.0 Å². The number of rotatable bonds is 7. The van der Waals surface area contributed by atoms with E-state index >= 15 is 0 Å². The van der Waals surface area contributed by atoms with Gasteiger partial charge in [-0.1, -0.05) is 20.3 Å². The maximum Gasteiger partial charge on any atom is 0.237 e. The Kier molecular flexibility index (Phi) is 5.51. The van der Waals surface area contributed by atoms with Gasteiger partial charge in [0.05, 0.1) is 18.1 Å². The second-order valence-electron chi connectivity index (χ2n) is 4.36. The molecule has 1 amide bonds. The lowest BCUT2D eigenvalue weighted by Crippen LogP contribution is -2.49. The molecule has 18 heavy (non-hydrogen) atoms. The molecule has 0 aliphatic rings. The SMILES string of the molecule is CC[C@H](C)[C@H](N)C(=O)N[C@H]([C]=O)Cc1c[nH]cn1. The Bertz CT molecular complexity index is 377. The summed E-state index contributed by atoms with van der Waals surface area (Å²) in [7, 11) is 0. The highest BCUT2D eigenvalue weighted by Gasteiger charge is 2.22. The molecular weight excluding hydrogens is 232 g/mol. The minimum Gasteiger partial charge on any atom is -0.351 e. The average molecular weight is 251 g/mol. The number of H-pyrrole nitrogens is 1. The van der Waals surface area contributed by atoms with Gasteiger partial charge in [0.2, 0.25) is 12.2 Å². The number of hydrogen-bond acceptors (Lipinski definition) is 4. The Morgan fingerprint density at radius 1 is 1.67 bits per heavy atom. The fourth-order valence-corrected chi connectivity index (χ4v) is 1.51. The lowest BCUT2D eigenvalue weighted by molar-refractivity contribution is -0.123. The van der Waals surface area contributed by atoms with Gasteiger partial charge in [-0.05, 0) is 5.92 Å². The highest BCUT2D eigenvalue weighted by atomic mass is 16.2. The summed E-state index contributed by atoms with van der Waals surface area (Å²) < 4.78 is 0. The van der Waals surface area contributed by atoms with Crippen molar-refractivity contribution in [1.82, 2.24) is 15.3 Å². The van der Waals surface area contributed by atoms with E-state index in [4.69, 9.17) is 5.73 Å². The van der Waals surface area contributed by atoms with Gasteiger partial charge in [0.1, 0.15) is 6.04 Å². The van der Waals surface area contributed by atoms with Gasteiger partial charge in [-0.2, -0.15) is 0 Å². The van der Waals surface area contributed by atoms with E-state index in [-0.39, 0.29) is 11.8 Å². The van der Waals surface area contributed by atoms with Gasteiger partial charge in [-0.3, -0.25) is 9.59 Å². The third-order valence-electron chi connectivity index (χ3n) is 2.99. The summed E-state index contributed by atoms with van der Waals surface area (Å²) in [6.45, 7) is 3.86. The van der Waals surface area contributed by atoms with Crippen molar-refractivity contribution in [3.63, 3.8) is 0 Å². The highest BCUT2D eigenvalue weighted by molar-refractivity contribution is 5.84. The van der Waals surface area contributed by atoms with Crippen molar-refractivity contribution in [1.29, 1.82) is 0 Å². The molecule has 0 aliphatic carbocycles. The first kappa shape index (κ1) is 14.4. The number of carbonyl (C=O) groups is 1. The normalized spacial score (nSPS) is 15.7. The van der Waals surface area contributed by atoms with E-state index in [2.05, 4.69) is 15.3 Å². The van der Waals surface area contributed by atoms with E-state index in [0.29, 0.717) is 12.1 Å². The van der Waals surface area contributed by atoms with Crippen LogP contribution in [0.15, 0.2) is 12.5 Å². The van der Waals surface area contributed by atoms with Gasteiger partial charge in [-0.15, -0.1) is 0 Å². The van der Waals surface area contributed by atoms with Gasteiger partial charge >= 0.3 is 0 Å². The zero-order chi connectivity index (χ0) is 13.5. The maximum absolute atomic E-state index is 11.8. The van der Waals surface area contributed by atoms with Crippen LogP contribution in [-0.4, -0.2) is 34.2 Å². The van der Waals surface area contributed by atoms with Crippen molar-refractivity contribution in [2.75, 3.05) is 0 Å². The summed E-state index contributed by atoms with van der Waals surface area (Å²) in [6.07, 6.45) is 6.10. The molecule has 0 unspecified atom stereocenters. The van der Waals surface area contributed by atoms with Crippen molar-refractivity contribution in [3.8, 4) is 0 Å². The Balaban J connectivity index is 2.52. The summed E-state index contributed by atoms with van der Waals surface area (Å²) in [5.74, 6) is -0.254. The second-order valence-corrected chi connectivity index (χ2v) is 4.36. The van der Waals surface area contributed by atoms with Crippen LogP contribution < -0.4 is 11.1 Å². The van der Waals surface area contributed by atoms with Crippen molar-refractivity contribution < 1.29 is 9.59 Å². The molecule has 0 spiro atoms. The Morgan fingerprint density at radius 2 is 2.39 bits per heavy atom. The van der Waals surface area contributed by atoms with Crippen LogP contribution in [0.2, 0.25) is 0 Å². The monoisotopic (exact) mass is 251 g/mol. The average Bonchev–Trinajstić information content (AvgIpc) is 2.88. The lowest BCUT2D eigenvalue weighted by Gasteiger charge is -2.19. The standard InChI is InChI=1S/C12H19N4O2/c1-3-8(2)11(13)12(18)16-10(6-17)4-9-5-14-7-15-9/h5,7-8,10-11H,3-4,13H2,1-2H3,(H,14,15)(H,16,18)/t8-,10-,11-/m0/s1. The minimum absolute atomic E-state index is 0.0719. The van der Waals surface area contributed by atoms with Crippen LogP contribution in [0, 0.1) is 5.92 Å². The predicted octanol–water partition coefficient (Wildman–Crippen LogP) is -0.0799. The molecule has 0 saturated carbocycles. The number of aromatic amines is 1. The first-order chi connectivity index (χ1) is 8.58. The smallest absolute Gasteiger partial charge is 0.237 e. The molecule has 99 valence electrons. The molecule has 6 heteroatoms. The zero-order valence-electron chi connectivity index (χ0n) is 10.6. The quantitative estimate of drug-likeness (QED) is 0.631. The fourth-order valence-electron chi connectivity index (χ4n) is 1.51. The van der Waals surface area contributed by atoms with E-state index in [1.165, 1.54) is 6.33 Å². The Morgan fingerprint density at radius 3 is 2.89 bits per heavy atom. The summed E-state index contributed by atoms with van der Waals surface area (Å²) in [5.41, 5.74) is 6.48. The Labute approximate surface area is 106 Å². The number of nitrogens with two attached hydrogens (primary N) is 1. The first-order valence-corrected chi connectivity index (χ1v) is 5.99. The number of amides is 1. The zero-order valence-corrected chi connectivity index (χ0v) is 10.6. The van der Waals surface area contributed by atoms with Crippen LogP contribution in [0.25, 0.3) is 0 Å². The molecule has 0 saturated heterocycles. The van der Waals surface area contributed by atoms with Gasteiger partial charge in [-0.25, -0.2) is 4.98 Å². The van der Waals surface area contributed by atoms with Crippen molar-refractivity contribution in [2.45, 2.75) is 38.8 Å². The largest absolute Gasteiger partial charge is 0.351 e. The molecular formula is C12H19N4O2. The van der Waals surface area contributed by atoms with Gasteiger partial charge < -0.3 is 16.0 Å². The van der Waals surface area contributed by atoms with Crippen LogP contribution in [0.5, 0.6) is 0 Å². The topological polar surface area (TPSA) is 101 Å². The molecule has 4 N–H and O–H groups in total. The van der Waals surface area contributed by atoms with Crippen LogP contribution in [0.3, 0.4) is 0 Å². The number of aromatic nitrogens is 2. The van der Waals surface area contributed by atoms with Gasteiger partial charge in [0.15, 0.2) is 0 Å². The molecule has 6 nitrogen and oxygen atoms in total. The summed E-state index contributed by atoms with van der Waals surface area (Å²) in [5, 5.41) is 2.58. The van der Waals surface area contributed by atoms with Crippen molar-refractivity contribution in [3.05, 3.63) is 18.2 Å². The highest BCUT2D eigenvalue weighted by Crippen LogP contribution is 2.06.